The lowest BCUT2D eigenvalue weighted by atomic mass is 10.0. The number of hydrogen-bond acceptors (Lipinski definition) is 3. The lowest BCUT2D eigenvalue weighted by Crippen LogP contribution is -2.17. The topological polar surface area (TPSA) is 21.3 Å². The maximum absolute atomic E-state index is 5.49. The van der Waals surface area contributed by atoms with E-state index in [9.17, 15) is 0 Å². The molecule has 0 amide bonds. The summed E-state index contributed by atoms with van der Waals surface area (Å²) in [4.78, 5) is 1.27. The third-order valence-corrected chi connectivity index (χ3v) is 5.65. The Hall–Kier alpha value is -0.360. The number of thiophene rings is 1. The summed E-state index contributed by atoms with van der Waals surface area (Å²) >= 11 is 8.81. The number of ether oxygens (including phenoxy) is 1. The summed E-state index contributed by atoms with van der Waals surface area (Å²) in [7, 11) is 3.67. The molecule has 1 aromatic heterocycles. The van der Waals surface area contributed by atoms with Crippen LogP contribution in [0.25, 0.3) is 0 Å². The van der Waals surface area contributed by atoms with Crippen molar-refractivity contribution in [3.05, 3.63) is 48.5 Å². The van der Waals surface area contributed by atoms with Gasteiger partial charge in [0.05, 0.1) is 16.9 Å². The van der Waals surface area contributed by atoms with Crippen molar-refractivity contribution in [1.29, 1.82) is 0 Å². The highest BCUT2D eigenvalue weighted by Gasteiger charge is 2.19. The monoisotopic (exact) mass is 403 g/mol. The lowest BCUT2D eigenvalue weighted by molar-refractivity contribution is 0.405. The lowest BCUT2D eigenvalue weighted by Gasteiger charge is -2.18. The molecule has 0 aliphatic heterocycles. The molecule has 2 nitrogen and oxygen atoms in total. The quantitative estimate of drug-likeness (QED) is 0.782. The summed E-state index contributed by atoms with van der Waals surface area (Å²) in [5, 5.41) is 3.36. The van der Waals surface area contributed by atoms with Gasteiger partial charge in [0.2, 0.25) is 0 Å². The van der Waals surface area contributed by atoms with Crippen LogP contribution in [-0.2, 0) is 0 Å². The van der Waals surface area contributed by atoms with E-state index in [2.05, 4.69) is 56.2 Å². The molecular weight excluding hydrogens is 390 g/mol. The molecule has 1 unspecified atom stereocenters. The number of nitrogens with one attached hydrogen (secondary N) is 1. The number of benzene rings is 1. The highest BCUT2D eigenvalue weighted by atomic mass is 79.9. The molecule has 1 N–H and O–H groups in total. The molecular formula is C14H15Br2NOS. The normalized spacial score (nSPS) is 12.5. The highest BCUT2D eigenvalue weighted by molar-refractivity contribution is 9.11. The van der Waals surface area contributed by atoms with Crippen molar-refractivity contribution in [3.8, 4) is 5.75 Å². The molecule has 0 fully saturated rings. The van der Waals surface area contributed by atoms with Crippen LogP contribution in [0.3, 0.4) is 0 Å². The molecule has 19 heavy (non-hydrogen) atoms. The molecule has 2 aromatic rings. The van der Waals surface area contributed by atoms with Crippen molar-refractivity contribution in [2.45, 2.75) is 13.0 Å². The average molecular weight is 405 g/mol. The molecule has 1 heterocycles. The number of halogens is 2. The van der Waals surface area contributed by atoms with Crippen LogP contribution in [0.1, 0.15) is 22.0 Å². The summed E-state index contributed by atoms with van der Waals surface area (Å²) in [6, 6.07) is 8.47. The number of methoxy groups -OCH3 is 1. The summed E-state index contributed by atoms with van der Waals surface area (Å²) < 4.78 is 7.69. The number of rotatable bonds is 4. The van der Waals surface area contributed by atoms with Crippen LogP contribution in [-0.4, -0.2) is 14.2 Å². The largest absolute Gasteiger partial charge is 0.496 e. The molecule has 1 atom stereocenters. The fourth-order valence-electron chi connectivity index (χ4n) is 2.00. The minimum absolute atomic E-state index is 0.137. The first-order valence-corrected chi connectivity index (χ1v) is 8.23. The van der Waals surface area contributed by atoms with Crippen LogP contribution in [0.4, 0.5) is 0 Å². The maximum atomic E-state index is 5.49. The third kappa shape index (κ3) is 3.21. The molecule has 0 saturated heterocycles. The van der Waals surface area contributed by atoms with Crippen LogP contribution in [0.2, 0.25) is 0 Å². The Kier molecular flexibility index (Phi) is 5.06. The summed E-state index contributed by atoms with van der Waals surface area (Å²) in [5.41, 5.74) is 2.40. The predicted octanol–water partition coefficient (Wildman–Crippen LogP) is 4.90. The number of hydrogen-bond donors (Lipinski definition) is 1. The summed E-state index contributed by atoms with van der Waals surface area (Å²) in [6.45, 7) is 2.11. The Morgan fingerprint density at radius 2 is 2.00 bits per heavy atom. The van der Waals surface area contributed by atoms with Gasteiger partial charge in [-0.3, -0.25) is 0 Å². The predicted molar refractivity (Wildman–Crippen MR) is 88.4 cm³/mol. The Bertz CT molecular complexity index is 563. The van der Waals surface area contributed by atoms with E-state index in [4.69, 9.17) is 4.74 Å². The second kappa shape index (κ2) is 6.39. The van der Waals surface area contributed by atoms with Crippen LogP contribution in [0.15, 0.2) is 32.5 Å². The summed E-state index contributed by atoms with van der Waals surface area (Å²) in [5.74, 6) is 0.885. The van der Waals surface area contributed by atoms with Crippen molar-refractivity contribution in [2.24, 2.45) is 0 Å². The third-order valence-electron chi connectivity index (χ3n) is 2.96. The van der Waals surface area contributed by atoms with E-state index in [0.29, 0.717) is 0 Å². The van der Waals surface area contributed by atoms with E-state index in [1.807, 2.05) is 19.2 Å². The molecule has 0 bridgehead atoms. The van der Waals surface area contributed by atoms with E-state index in [0.717, 1.165) is 15.8 Å². The highest BCUT2D eigenvalue weighted by Crippen LogP contribution is 2.38. The van der Waals surface area contributed by atoms with Gasteiger partial charge < -0.3 is 10.1 Å². The standard InChI is InChI=1S/C14H15Br2NOS/c1-8-6-12(19-14(8)16)13(17-2)10-5-4-9(15)7-11(10)18-3/h4-7,13,17H,1-3H3. The van der Waals surface area contributed by atoms with E-state index in [1.54, 1.807) is 18.4 Å². The minimum Gasteiger partial charge on any atom is -0.496 e. The zero-order valence-electron chi connectivity index (χ0n) is 11.0. The average Bonchev–Trinajstić information content (AvgIpc) is 2.72. The molecule has 102 valence electrons. The second-order valence-corrected chi connectivity index (χ2v) is 7.53. The first-order valence-electron chi connectivity index (χ1n) is 5.83. The van der Waals surface area contributed by atoms with Gasteiger partial charge in [0.15, 0.2) is 0 Å². The first-order chi connectivity index (χ1) is 9.06. The molecule has 0 radical (unpaired) electrons. The Morgan fingerprint density at radius 3 is 2.53 bits per heavy atom. The van der Waals surface area contributed by atoms with Crippen molar-refractivity contribution in [3.63, 3.8) is 0 Å². The van der Waals surface area contributed by atoms with Gasteiger partial charge >= 0.3 is 0 Å². The van der Waals surface area contributed by atoms with Crippen molar-refractivity contribution in [1.82, 2.24) is 5.32 Å². The van der Waals surface area contributed by atoms with Crippen molar-refractivity contribution >= 4 is 43.2 Å². The van der Waals surface area contributed by atoms with Crippen molar-refractivity contribution < 1.29 is 4.74 Å². The molecule has 5 heteroatoms. The van der Waals surface area contributed by atoms with E-state index < -0.39 is 0 Å². The first kappa shape index (κ1) is 15.0. The fourth-order valence-corrected chi connectivity index (χ4v) is 4.04. The van der Waals surface area contributed by atoms with Gasteiger partial charge in [-0.25, -0.2) is 0 Å². The zero-order valence-corrected chi connectivity index (χ0v) is 14.9. The summed E-state index contributed by atoms with van der Waals surface area (Å²) in [6.07, 6.45) is 0. The fraction of sp³-hybridized carbons (Fsp3) is 0.286. The van der Waals surface area contributed by atoms with Crippen LogP contribution in [0, 0.1) is 6.92 Å². The van der Waals surface area contributed by atoms with Gasteiger partial charge in [0.25, 0.3) is 0 Å². The van der Waals surface area contributed by atoms with Crippen molar-refractivity contribution in [2.75, 3.05) is 14.2 Å². The zero-order chi connectivity index (χ0) is 14.0. The van der Waals surface area contributed by atoms with Gasteiger partial charge in [-0.2, -0.15) is 0 Å². The van der Waals surface area contributed by atoms with E-state index >= 15 is 0 Å². The van der Waals surface area contributed by atoms with Crippen LogP contribution < -0.4 is 10.1 Å². The molecule has 2 rings (SSSR count). The smallest absolute Gasteiger partial charge is 0.125 e. The van der Waals surface area contributed by atoms with Gasteiger partial charge in [0, 0.05) is 14.9 Å². The van der Waals surface area contributed by atoms with E-state index in [-0.39, 0.29) is 6.04 Å². The van der Waals surface area contributed by atoms with Gasteiger partial charge in [-0.05, 0) is 53.7 Å². The van der Waals surface area contributed by atoms with Crippen LogP contribution in [0.5, 0.6) is 5.75 Å². The Morgan fingerprint density at radius 1 is 1.26 bits per heavy atom. The molecule has 0 aliphatic rings. The Labute approximate surface area is 134 Å². The van der Waals surface area contributed by atoms with Gasteiger partial charge in [0.1, 0.15) is 5.75 Å². The van der Waals surface area contributed by atoms with E-state index in [1.165, 1.54) is 14.2 Å². The van der Waals surface area contributed by atoms with Gasteiger partial charge in [-0.15, -0.1) is 11.3 Å². The van der Waals surface area contributed by atoms with Crippen LogP contribution >= 0.6 is 43.2 Å². The number of aryl methyl sites for hydroxylation is 1. The molecule has 1 aromatic carbocycles. The Balaban J connectivity index is 2.47. The second-order valence-electron chi connectivity index (χ2n) is 4.21. The molecule has 0 saturated carbocycles. The molecule has 0 spiro atoms. The molecule has 0 aliphatic carbocycles. The SMILES string of the molecule is CNC(c1cc(C)c(Br)s1)c1ccc(Br)cc1OC. The van der Waals surface area contributed by atoms with Gasteiger partial charge in [-0.1, -0.05) is 22.0 Å². The maximum Gasteiger partial charge on any atom is 0.125 e. The minimum atomic E-state index is 0.137.